The normalized spacial score (nSPS) is 13.7. The summed E-state index contributed by atoms with van der Waals surface area (Å²) in [5.41, 5.74) is 0. The summed E-state index contributed by atoms with van der Waals surface area (Å²) in [5, 5.41) is 12.7. The second kappa shape index (κ2) is 42.6. The van der Waals surface area contributed by atoms with Crippen molar-refractivity contribution in [2.75, 3.05) is 26.4 Å². The minimum Gasteiger partial charge on any atom is -0.463 e. The third-order valence-electron chi connectivity index (χ3n) is 9.51. The van der Waals surface area contributed by atoms with Gasteiger partial charge in [-0.15, -0.1) is 0 Å². The molecule has 0 aromatic carbocycles. The maximum atomic E-state index is 12.1. The molecule has 0 saturated heterocycles. The van der Waals surface area contributed by atoms with Gasteiger partial charge in [0.2, 0.25) is 5.91 Å². The van der Waals surface area contributed by atoms with E-state index in [4.69, 9.17) is 13.8 Å². The van der Waals surface area contributed by atoms with Crippen molar-refractivity contribution in [3.05, 3.63) is 48.6 Å². The summed E-state index contributed by atoms with van der Waals surface area (Å²) in [6.07, 6.45) is 49.0. The summed E-state index contributed by atoms with van der Waals surface area (Å²) in [5.74, 6) is -0.545. The van der Waals surface area contributed by atoms with Gasteiger partial charge in [-0.2, -0.15) is 0 Å². The zero-order valence-electron chi connectivity index (χ0n) is 35.8. The molecule has 9 nitrogen and oxygen atoms in total. The fourth-order valence-corrected chi connectivity index (χ4v) is 6.83. The molecule has 2 atom stereocenters. The van der Waals surface area contributed by atoms with Crippen molar-refractivity contribution in [2.45, 2.75) is 206 Å². The maximum Gasteiger partial charge on any atom is 0.472 e. The van der Waals surface area contributed by atoms with E-state index in [9.17, 15) is 24.2 Å². The van der Waals surface area contributed by atoms with Gasteiger partial charge in [0, 0.05) is 19.4 Å². The van der Waals surface area contributed by atoms with Gasteiger partial charge in [0.05, 0.1) is 13.2 Å². The Morgan fingerprint density at radius 2 is 0.964 bits per heavy atom. The van der Waals surface area contributed by atoms with E-state index in [1.165, 1.54) is 109 Å². The van der Waals surface area contributed by atoms with Crippen LogP contribution in [-0.4, -0.2) is 54.3 Å². The van der Waals surface area contributed by atoms with Crippen molar-refractivity contribution >= 4 is 19.7 Å². The van der Waals surface area contributed by atoms with Crippen molar-refractivity contribution in [2.24, 2.45) is 0 Å². The number of amides is 1. The van der Waals surface area contributed by atoms with Gasteiger partial charge in [0.15, 0.2) is 0 Å². The number of esters is 1. The largest absolute Gasteiger partial charge is 0.472 e. The quantitative estimate of drug-likeness (QED) is 0.0240. The molecule has 0 aliphatic carbocycles. The van der Waals surface area contributed by atoms with Crippen LogP contribution in [0.15, 0.2) is 48.6 Å². The third kappa shape index (κ3) is 43.1. The molecule has 0 fully saturated rings. The number of hydrogen-bond acceptors (Lipinski definition) is 7. The van der Waals surface area contributed by atoms with Crippen molar-refractivity contribution in [1.29, 1.82) is 0 Å². The standard InChI is InChI=1S/C46H84NO8P/c1-3-5-7-9-11-13-15-17-19-21-22-23-24-26-28-30-32-34-36-38-45(49)47-40-41-54-56(51,52)55-43-44(48)42-53-46(50)39-37-35-33-31-29-27-25-20-18-16-14-12-10-8-6-4-2/h11,13,17,19,22-23,26,28,44,48H,3-10,12,14-16,18,20-21,24-25,27,29-43H2,1-2H3,(H,47,49)(H,51,52)/b13-11-,19-17-,23-22-,28-26-. The van der Waals surface area contributed by atoms with Crippen LogP contribution in [0.3, 0.4) is 0 Å². The summed E-state index contributed by atoms with van der Waals surface area (Å²) in [6, 6.07) is 0. The lowest BCUT2D eigenvalue weighted by molar-refractivity contribution is -0.147. The molecular formula is C46H84NO8P. The van der Waals surface area contributed by atoms with Gasteiger partial charge >= 0.3 is 13.8 Å². The molecule has 0 saturated carbocycles. The number of rotatable bonds is 42. The lowest BCUT2D eigenvalue weighted by Crippen LogP contribution is -2.27. The zero-order valence-corrected chi connectivity index (χ0v) is 36.7. The van der Waals surface area contributed by atoms with Crippen LogP contribution >= 0.6 is 7.82 Å². The Bertz CT molecular complexity index is 1060. The summed E-state index contributed by atoms with van der Waals surface area (Å²) < 4.78 is 26.9. The van der Waals surface area contributed by atoms with Crippen molar-refractivity contribution in [3.63, 3.8) is 0 Å². The predicted molar refractivity (Wildman–Crippen MR) is 234 cm³/mol. The molecule has 0 spiro atoms. The molecule has 0 bridgehead atoms. The van der Waals surface area contributed by atoms with Gasteiger partial charge in [-0.05, 0) is 57.8 Å². The molecule has 0 aliphatic heterocycles. The first-order valence-corrected chi connectivity index (χ1v) is 24.1. The lowest BCUT2D eigenvalue weighted by atomic mass is 10.0. The predicted octanol–water partition coefficient (Wildman–Crippen LogP) is 12.7. The second-order valence-electron chi connectivity index (χ2n) is 15.0. The van der Waals surface area contributed by atoms with Crippen LogP contribution in [0.2, 0.25) is 0 Å². The van der Waals surface area contributed by atoms with E-state index in [1.807, 2.05) is 0 Å². The number of hydrogen-bond donors (Lipinski definition) is 3. The first-order valence-electron chi connectivity index (χ1n) is 22.6. The monoisotopic (exact) mass is 810 g/mol. The van der Waals surface area contributed by atoms with Gasteiger partial charge in [-0.3, -0.25) is 18.6 Å². The van der Waals surface area contributed by atoms with E-state index in [1.54, 1.807) is 0 Å². The maximum absolute atomic E-state index is 12.1. The van der Waals surface area contributed by atoms with Crippen LogP contribution in [0.4, 0.5) is 0 Å². The molecule has 0 heterocycles. The average molecular weight is 810 g/mol. The van der Waals surface area contributed by atoms with Gasteiger partial charge in [-0.1, -0.05) is 178 Å². The molecule has 1 amide bonds. The smallest absolute Gasteiger partial charge is 0.463 e. The number of aliphatic hydroxyl groups excluding tert-OH is 1. The van der Waals surface area contributed by atoms with Gasteiger partial charge in [0.25, 0.3) is 0 Å². The van der Waals surface area contributed by atoms with E-state index in [0.717, 1.165) is 64.2 Å². The van der Waals surface area contributed by atoms with E-state index in [0.29, 0.717) is 6.42 Å². The van der Waals surface area contributed by atoms with E-state index in [2.05, 4.69) is 67.8 Å². The molecule has 0 aromatic rings. The molecule has 2 unspecified atom stereocenters. The van der Waals surface area contributed by atoms with Crippen LogP contribution in [0.1, 0.15) is 200 Å². The fraction of sp³-hybridized carbons (Fsp3) is 0.783. The summed E-state index contributed by atoms with van der Waals surface area (Å²) in [4.78, 5) is 33.9. The number of allylic oxidation sites excluding steroid dienone is 8. The Morgan fingerprint density at radius 3 is 1.48 bits per heavy atom. The van der Waals surface area contributed by atoms with Crippen molar-refractivity contribution in [1.82, 2.24) is 5.32 Å². The zero-order chi connectivity index (χ0) is 41.1. The highest BCUT2D eigenvalue weighted by Gasteiger charge is 2.23. The van der Waals surface area contributed by atoms with E-state index < -0.39 is 26.5 Å². The first kappa shape index (κ1) is 54.0. The Labute approximate surface area is 343 Å². The Balaban J connectivity index is 3.64. The fourth-order valence-electron chi connectivity index (χ4n) is 6.07. The van der Waals surface area contributed by atoms with Gasteiger partial charge < -0.3 is 20.1 Å². The number of phosphoric acid groups is 1. The number of ether oxygens (including phenoxy) is 1. The molecule has 0 aliphatic rings. The molecule has 0 radical (unpaired) electrons. The number of nitrogens with one attached hydrogen (secondary N) is 1. The Morgan fingerprint density at radius 1 is 0.554 bits per heavy atom. The summed E-state index contributed by atoms with van der Waals surface area (Å²) in [7, 11) is -4.43. The van der Waals surface area contributed by atoms with Crippen LogP contribution < -0.4 is 5.32 Å². The minimum absolute atomic E-state index is 0.0640. The highest BCUT2D eigenvalue weighted by molar-refractivity contribution is 7.47. The number of phosphoric ester groups is 1. The Kier molecular flexibility index (Phi) is 41.0. The van der Waals surface area contributed by atoms with E-state index >= 15 is 0 Å². The summed E-state index contributed by atoms with van der Waals surface area (Å²) >= 11 is 0. The van der Waals surface area contributed by atoms with Gasteiger partial charge in [0.1, 0.15) is 12.7 Å². The van der Waals surface area contributed by atoms with Crippen LogP contribution in [-0.2, 0) is 27.9 Å². The third-order valence-corrected chi connectivity index (χ3v) is 10.5. The number of unbranched alkanes of at least 4 members (excludes halogenated alkanes) is 21. The average Bonchev–Trinajstić information content (AvgIpc) is 3.18. The van der Waals surface area contributed by atoms with Crippen LogP contribution in [0, 0.1) is 0 Å². The highest BCUT2D eigenvalue weighted by atomic mass is 31.2. The SMILES string of the molecule is CCCCC/C=C\C/C=C\C/C=C\C/C=C\CCCCCC(=O)NCCOP(=O)(O)OCC(O)COC(=O)CCCCCCCCCCCCCCCCCC. The molecule has 326 valence electrons. The molecule has 0 rings (SSSR count). The molecular weight excluding hydrogens is 725 g/mol. The van der Waals surface area contributed by atoms with Gasteiger partial charge in [-0.25, -0.2) is 4.57 Å². The van der Waals surface area contributed by atoms with Crippen molar-refractivity contribution < 1.29 is 37.9 Å². The second-order valence-corrected chi connectivity index (χ2v) is 16.5. The molecule has 10 heteroatoms. The summed E-state index contributed by atoms with van der Waals surface area (Å²) in [6.45, 7) is 3.50. The topological polar surface area (TPSA) is 131 Å². The number of carbonyl (C=O) groups is 2. The highest BCUT2D eigenvalue weighted by Crippen LogP contribution is 2.42. The van der Waals surface area contributed by atoms with Crippen molar-refractivity contribution in [3.8, 4) is 0 Å². The number of carbonyl (C=O) groups excluding carboxylic acids is 2. The first-order chi connectivity index (χ1) is 27.3. The number of aliphatic hydroxyl groups is 1. The molecule has 0 aromatic heterocycles. The van der Waals surface area contributed by atoms with Crippen LogP contribution in [0.25, 0.3) is 0 Å². The molecule has 3 N–H and O–H groups in total. The lowest BCUT2D eigenvalue weighted by Gasteiger charge is -2.15. The molecule has 56 heavy (non-hydrogen) atoms. The minimum atomic E-state index is -4.43. The van der Waals surface area contributed by atoms with E-state index in [-0.39, 0.29) is 32.1 Å². The Hall–Kier alpha value is -2.03. The van der Waals surface area contributed by atoms with Crippen LogP contribution in [0.5, 0.6) is 0 Å².